The second-order valence-electron chi connectivity index (χ2n) is 11.4. The van der Waals surface area contributed by atoms with E-state index in [1.54, 1.807) is 12.1 Å². The van der Waals surface area contributed by atoms with Crippen molar-refractivity contribution in [2.24, 2.45) is 5.92 Å². The summed E-state index contributed by atoms with van der Waals surface area (Å²) in [5, 5.41) is 15.0. The minimum Gasteiger partial charge on any atom is -0.478 e. The van der Waals surface area contributed by atoms with Crippen molar-refractivity contribution >= 4 is 23.7 Å². The van der Waals surface area contributed by atoms with Gasteiger partial charge in [0.15, 0.2) is 0 Å². The van der Waals surface area contributed by atoms with Crippen molar-refractivity contribution in [3.63, 3.8) is 0 Å². The minimum absolute atomic E-state index is 0.0146. The van der Waals surface area contributed by atoms with Gasteiger partial charge in [-0.2, -0.15) is 0 Å². The number of nitrogens with one attached hydrogen (secondary N) is 2. The van der Waals surface area contributed by atoms with Crippen molar-refractivity contribution in [3.8, 4) is 11.1 Å². The number of aryl methyl sites for hydroxylation is 2. The monoisotopic (exact) mass is 545 g/mol. The lowest BCUT2D eigenvalue weighted by Gasteiger charge is -2.23. The number of alkyl carbamates (subject to hydrolysis) is 1. The molecule has 8 nitrogen and oxygen atoms in total. The second kappa shape index (κ2) is 12.8. The number of aromatic nitrogens is 1. The Bertz CT molecular complexity index is 1390. The fraction of sp³-hybridized carbons (Fsp3) is 0.375. The third-order valence-electron chi connectivity index (χ3n) is 6.17. The molecule has 0 saturated heterocycles. The predicted octanol–water partition coefficient (Wildman–Crippen LogP) is 6.47. The molecule has 1 heterocycles. The van der Waals surface area contributed by atoms with Crippen LogP contribution < -0.4 is 10.6 Å². The highest BCUT2D eigenvalue weighted by Gasteiger charge is 2.23. The fourth-order valence-corrected chi connectivity index (χ4v) is 4.45. The minimum atomic E-state index is -1.07. The van der Waals surface area contributed by atoms with E-state index in [-0.39, 0.29) is 24.4 Å². The highest BCUT2D eigenvalue weighted by atomic mass is 16.6. The van der Waals surface area contributed by atoms with Crippen LogP contribution in [0.5, 0.6) is 0 Å². The van der Waals surface area contributed by atoms with Crippen LogP contribution in [0.4, 0.5) is 10.5 Å². The Labute approximate surface area is 236 Å². The molecule has 212 valence electrons. The third-order valence-corrected chi connectivity index (χ3v) is 6.17. The summed E-state index contributed by atoms with van der Waals surface area (Å²) >= 11 is 0. The fourth-order valence-electron chi connectivity index (χ4n) is 4.45. The van der Waals surface area contributed by atoms with Gasteiger partial charge < -0.3 is 20.5 Å². The molecule has 8 heteroatoms. The van der Waals surface area contributed by atoms with Gasteiger partial charge in [-0.15, -0.1) is 0 Å². The standard InChI is InChI=1S/C32H39N3O5/c1-19(2)15-27-26(18-33-31(39)40-32(5,6)7)29(22-13-11-20(3)12-14-22)25(21(4)34-27)17-28(36)35-24-10-8-9-23(16-24)30(37)38/h8-14,16,19H,15,17-18H2,1-7H3,(H,33,39)(H,35,36)(H,37,38). The number of aromatic carboxylic acids is 1. The van der Waals surface area contributed by atoms with Gasteiger partial charge in [-0.3, -0.25) is 9.78 Å². The lowest BCUT2D eigenvalue weighted by Crippen LogP contribution is -2.32. The van der Waals surface area contributed by atoms with Gasteiger partial charge in [0.25, 0.3) is 0 Å². The highest BCUT2D eigenvalue weighted by Crippen LogP contribution is 2.33. The predicted molar refractivity (Wildman–Crippen MR) is 156 cm³/mol. The Hall–Kier alpha value is -4.20. The number of carboxylic acid groups (broad SMARTS) is 1. The number of hydrogen-bond acceptors (Lipinski definition) is 5. The lowest BCUT2D eigenvalue weighted by atomic mass is 9.88. The van der Waals surface area contributed by atoms with Gasteiger partial charge >= 0.3 is 12.1 Å². The topological polar surface area (TPSA) is 118 Å². The number of pyridine rings is 1. The van der Waals surface area contributed by atoms with E-state index in [9.17, 15) is 19.5 Å². The van der Waals surface area contributed by atoms with Crippen LogP contribution in [0, 0.1) is 19.8 Å². The Morgan fingerprint density at radius 2 is 1.68 bits per heavy atom. The van der Waals surface area contributed by atoms with E-state index in [2.05, 4.69) is 24.5 Å². The first-order chi connectivity index (χ1) is 18.7. The molecule has 3 rings (SSSR count). The van der Waals surface area contributed by atoms with E-state index in [1.165, 1.54) is 12.1 Å². The van der Waals surface area contributed by atoms with Crippen LogP contribution >= 0.6 is 0 Å². The zero-order chi connectivity index (χ0) is 29.6. The molecule has 0 spiro atoms. The zero-order valence-electron chi connectivity index (χ0n) is 24.3. The van der Waals surface area contributed by atoms with Crippen molar-refractivity contribution in [2.45, 2.75) is 73.5 Å². The van der Waals surface area contributed by atoms with Crippen LogP contribution in [0.25, 0.3) is 11.1 Å². The summed E-state index contributed by atoms with van der Waals surface area (Å²) in [5.41, 5.74) is 5.87. The molecule has 0 atom stereocenters. The van der Waals surface area contributed by atoms with Crippen LogP contribution in [0.3, 0.4) is 0 Å². The summed E-state index contributed by atoms with van der Waals surface area (Å²) in [6, 6.07) is 14.2. The molecule has 1 aromatic heterocycles. The number of nitrogens with zero attached hydrogens (tertiary/aromatic N) is 1. The smallest absolute Gasteiger partial charge is 0.407 e. The molecule has 2 aromatic carbocycles. The van der Waals surface area contributed by atoms with Crippen molar-refractivity contribution in [2.75, 3.05) is 5.32 Å². The summed E-state index contributed by atoms with van der Waals surface area (Å²) in [6.07, 6.45) is 0.177. The molecule has 0 bridgehead atoms. The van der Waals surface area contributed by atoms with E-state index in [0.29, 0.717) is 18.0 Å². The van der Waals surface area contributed by atoms with Crippen molar-refractivity contribution < 1.29 is 24.2 Å². The SMILES string of the molecule is Cc1ccc(-c2c(CC(=O)Nc3cccc(C(=O)O)c3)c(C)nc(CC(C)C)c2CNC(=O)OC(C)(C)C)cc1. The number of carbonyl (C=O) groups excluding carboxylic acids is 2. The van der Waals surface area contributed by atoms with Crippen LogP contribution in [-0.2, 0) is 28.9 Å². The number of anilines is 1. The largest absolute Gasteiger partial charge is 0.478 e. The summed E-state index contributed by atoms with van der Waals surface area (Å²) in [5.74, 6) is -1.06. The van der Waals surface area contributed by atoms with E-state index in [0.717, 1.165) is 39.2 Å². The Morgan fingerprint density at radius 1 is 1.00 bits per heavy atom. The highest BCUT2D eigenvalue weighted by molar-refractivity contribution is 5.96. The van der Waals surface area contributed by atoms with Crippen molar-refractivity contribution in [1.82, 2.24) is 10.3 Å². The maximum Gasteiger partial charge on any atom is 0.407 e. The Balaban J connectivity index is 2.08. The van der Waals surface area contributed by atoms with Crippen molar-refractivity contribution in [1.29, 1.82) is 0 Å². The van der Waals surface area contributed by atoms with Gasteiger partial charge in [0.05, 0.1) is 12.0 Å². The third kappa shape index (κ3) is 8.40. The molecule has 0 aliphatic carbocycles. The summed E-state index contributed by atoms with van der Waals surface area (Å²) in [6.45, 7) is 13.7. The molecule has 0 aliphatic rings. The summed E-state index contributed by atoms with van der Waals surface area (Å²) < 4.78 is 5.48. The average Bonchev–Trinajstić information content (AvgIpc) is 2.84. The Kier molecular flexibility index (Phi) is 9.69. The molecule has 40 heavy (non-hydrogen) atoms. The molecule has 3 aromatic rings. The molecule has 0 radical (unpaired) electrons. The number of benzene rings is 2. The zero-order valence-corrected chi connectivity index (χ0v) is 24.3. The first-order valence-electron chi connectivity index (χ1n) is 13.4. The number of carboxylic acids is 1. The molecule has 0 aliphatic heterocycles. The maximum atomic E-state index is 13.3. The average molecular weight is 546 g/mol. The number of rotatable bonds is 9. The van der Waals surface area contributed by atoms with Gasteiger partial charge in [0.2, 0.25) is 5.91 Å². The molecule has 0 unspecified atom stereocenters. The normalized spacial score (nSPS) is 11.3. The van der Waals surface area contributed by atoms with E-state index in [4.69, 9.17) is 9.72 Å². The van der Waals surface area contributed by atoms with Gasteiger partial charge in [-0.1, -0.05) is 49.7 Å². The van der Waals surface area contributed by atoms with Crippen LogP contribution in [0.1, 0.15) is 73.1 Å². The number of carbonyl (C=O) groups is 3. The lowest BCUT2D eigenvalue weighted by molar-refractivity contribution is -0.115. The van der Waals surface area contributed by atoms with Gasteiger partial charge in [0.1, 0.15) is 5.60 Å². The van der Waals surface area contributed by atoms with E-state index >= 15 is 0 Å². The first kappa shape index (κ1) is 30.3. The van der Waals surface area contributed by atoms with Gasteiger partial charge in [-0.05, 0) is 81.8 Å². The van der Waals surface area contributed by atoms with E-state index in [1.807, 2.05) is 58.9 Å². The molecule has 0 fully saturated rings. The number of hydrogen-bond donors (Lipinski definition) is 3. The summed E-state index contributed by atoms with van der Waals surface area (Å²) in [7, 11) is 0. The molecule has 3 N–H and O–H groups in total. The Morgan fingerprint density at radius 3 is 2.27 bits per heavy atom. The second-order valence-corrected chi connectivity index (χ2v) is 11.4. The van der Waals surface area contributed by atoms with Gasteiger partial charge in [-0.25, -0.2) is 9.59 Å². The van der Waals surface area contributed by atoms with Crippen LogP contribution in [-0.4, -0.2) is 33.7 Å². The van der Waals surface area contributed by atoms with E-state index < -0.39 is 17.7 Å². The molecular weight excluding hydrogens is 506 g/mol. The first-order valence-corrected chi connectivity index (χ1v) is 13.4. The maximum absolute atomic E-state index is 13.3. The quantitative estimate of drug-likeness (QED) is 0.284. The number of amides is 2. The molecular formula is C32H39N3O5. The van der Waals surface area contributed by atoms with Crippen LogP contribution in [0.15, 0.2) is 48.5 Å². The van der Waals surface area contributed by atoms with Crippen molar-refractivity contribution in [3.05, 3.63) is 82.2 Å². The number of ether oxygens (including phenoxy) is 1. The summed E-state index contributed by atoms with van der Waals surface area (Å²) in [4.78, 5) is 42.2. The van der Waals surface area contributed by atoms with Gasteiger partial charge in [0, 0.05) is 29.2 Å². The molecule has 0 saturated carbocycles. The van der Waals surface area contributed by atoms with Crippen LogP contribution in [0.2, 0.25) is 0 Å². The molecule has 2 amide bonds.